The van der Waals surface area contributed by atoms with Crippen LogP contribution < -0.4 is 0 Å². The summed E-state index contributed by atoms with van der Waals surface area (Å²) >= 11 is 5.85. The second-order valence-electron chi connectivity index (χ2n) is 5.79. The van der Waals surface area contributed by atoms with Crippen LogP contribution >= 0.6 is 11.6 Å². The van der Waals surface area contributed by atoms with Gasteiger partial charge in [0.15, 0.2) is 0 Å². The molecule has 4 nitrogen and oxygen atoms in total. The molecule has 1 aliphatic heterocycles. The molecule has 106 valence electrons. The van der Waals surface area contributed by atoms with E-state index < -0.39 is 5.41 Å². The van der Waals surface area contributed by atoms with Crippen LogP contribution in [0.15, 0.2) is 18.3 Å². The third-order valence-electron chi connectivity index (χ3n) is 4.43. The van der Waals surface area contributed by atoms with Gasteiger partial charge in [0.05, 0.1) is 12.0 Å². The fourth-order valence-electron chi connectivity index (χ4n) is 3.36. The van der Waals surface area contributed by atoms with Crippen LogP contribution in [0.2, 0.25) is 5.15 Å². The van der Waals surface area contributed by atoms with E-state index in [-0.39, 0.29) is 11.8 Å². The summed E-state index contributed by atoms with van der Waals surface area (Å²) in [6.07, 6.45) is 6.95. The molecule has 1 saturated carbocycles. The molecule has 0 N–H and O–H groups in total. The molecule has 0 unspecified atom stereocenters. The Kier molecular flexibility index (Phi) is 3.50. The fourth-order valence-corrected chi connectivity index (χ4v) is 3.56. The average Bonchev–Trinajstić information content (AvgIpc) is 2.64. The van der Waals surface area contributed by atoms with Gasteiger partial charge in [-0.05, 0) is 30.5 Å². The molecule has 0 bridgehead atoms. The maximum atomic E-state index is 12.6. The number of nitrogens with zero attached hydrogens (tertiary/aromatic N) is 2. The highest BCUT2D eigenvalue weighted by atomic mass is 35.5. The molecule has 5 heteroatoms. The molecule has 3 rings (SSSR count). The molecule has 2 fully saturated rings. The van der Waals surface area contributed by atoms with E-state index in [1.165, 1.54) is 11.3 Å². The summed E-state index contributed by atoms with van der Waals surface area (Å²) in [7, 11) is 0. The van der Waals surface area contributed by atoms with Crippen molar-refractivity contribution in [1.82, 2.24) is 9.88 Å². The van der Waals surface area contributed by atoms with E-state index in [1.807, 2.05) is 0 Å². The minimum Gasteiger partial charge on any atom is -0.278 e. The summed E-state index contributed by atoms with van der Waals surface area (Å²) in [5.74, 6) is -0.0417. The SMILES string of the molecule is O=C1CC2(CCCCC2)C(=O)N1Cc1ccnc(Cl)c1. The number of pyridine rings is 1. The van der Waals surface area contributed by atoms with Gasteiger partial charge >= 0.3 is 0 Å². The van der Waals surface area contributed by atoms with Crippen molar-refractivity contribution in [3.8, 4) is 0 Å². The molecule has 20 heavy (non-hydrogen) atoms. The lowest BCUT2D eigenvalue weighted by molar-refractivity contribution is -0.142. The van der Waals surface area contributed by atoms with Crippen molar-refractivity contribution in [2.24, 2.45) is 5.41 Å². The standard InChI is InChI=1S/C15H17ClN2O2/c16-12-8-11(4-7-17-12)10-18-13(19)9-15(14(18)20)5-2-1-3-6-15/h4,7-8H,1-3,5-6,9-10H2. The summed E-state index contributed by atoms with van der Waals surface area (Å²) in [4.78, 5) is 30.2. The number of hydrogen-bond donors (Lipinski definition) is 0. The topological polar surface area (TPSA) is 50.3 Å². The van der Waals surface area contributed by atoms with E-state index in [4.69, 9.17) is 11.6 Å². The van der Waals surface area contributed by atoms with Crippen LogP contribution in [0.4, 0.5) is 0 Å². The molecule has 0 radical (unpaired) electrons. The van der Waals surface area contributed by atoms with E-state index in [9.17, 15) is 9.59 Å². The zero-order valence-corrected chi connectivity index (χ0v) is 12.0. The van der Waals surface area contributed by atoms with Crippen LogP contribution in [0.1, 0.15) is 44.1 Å². The summed E-state index contributed by atoms with van der Waals surface area (Å²) in [5, 5.41) is 0.383. The number of halogens is 1. The molecular formula is C15H17ClN2O2. The van der Waals surface area contributed by atoms with Gasteiger partial charge in [0.2, 0.25) is 11.8 Å². The number of carbonyl (C=O) groups is 2. The smallest absolute Gasteiger partial charge is 0.236 e. The molecule has 0 atom stereocenters. The number of amides is 2. The molecular weight excluding hydrogens is 276 g/mol. The molecule has 2 heterocycles. The first kappa shape index (κ1) is 13.6. The lowest BCUT2D eigenvalue weighted by Gasteiger charge is -2.30. The van der Waals surface area contributed by atoms with Crippen LogP contribution in [0.25, 0.3) is 0 Å². The number of carbonyl (C=O) groups excluding carboxylic acids is 2. The summed E-state index contributed by atoms with van der Waals surface area (Å²) in [6, 6.07) is 3.49. The first-order valence-electron chi connectivity index (χ1n) is 7.06. The van der Waals surface area contributed by atoms with Gasteiger partial charge < -0.3 is 0 Å². The first-order valence-corrected chi connectivity index (χ1v) is 7.44. The Morgan fingerprint density at radius 1 is 1.25 bits per heavy atom. The number of hydrogen-bond acceptors (Lipinski definition) is 3. The Bertz CT molecular complexity index is 553. The van der Waals surface area contributed by atoms with Gasteiger partial charge in [-0.3, -0.25) is 14.5 Å². The Balaban J connectivity index is 1.80. The van der Waals surface area contributed by atoms with Gasteiger partial charge in [-0.15, -0.1) is 0 Å². The van der Waals surface area contributed by atoms with E-state index in [0.717, 1.165) is 31.2 Å². The lowest BCUT2D eigenvalue weighted by Crippen LogP contribution is -2.36. The largest absolute Gasteiger partial charge is 0.278 e. The molecule has 1 aromatic heterocycles. The number of aromatic nitrogens is 1. The predicted octanol–water partition coefficient (Wildman–Crippen LogP) is 2.94. The van der Waals surface area contributed by atoms with E-state index in [2.05, 4.69) is 4.98 Å². The Morgan fingerprint density at radius 2 is 2.00 bits per heavy atom. The van der Waals surface area contributed by atoms with Gasteiger partial charge in [-0.1, -0.05) is 30.9 Å². The maximum Gasteiger partial charge on any atom is 0.236 e. The second kappa shape index (κ2) is 5.17. The van der Waals surface area contributed by atoms with Crippen LogP contribution in [-0.2, 0) is 16.1 Å². The quantitative estimate of drug-likeness (QED) is 0.622. The van der Waals surface area contributed by atoms with Crippen molar-refractivity contribution in [3.05, 3.63) is 29.0 Å². The third-order valence-corrected chi connectivity index (χ3v) is 4.64. The fraction of sp³-hybridized carbons (Fsp3) is 0.533. The summed E-state index contributed by atoms with van der Waals surface area (Å²) in [5.41, 5.74) is 0.436. The molecule has 0 aromatic carbocycles. The monoisotopic (exact) mass is 292 g/mol. The van der Waals surface area contributed by atoms with Crippen LogP contribution in [0.5, 0.6) is 0 Å². The molecule has 2 aliphatic rings. The van der Waals surface area contributed by atoms with E-state index in [1.54, 1.807) is 18.3 Å². The van der Waals surface area contributed by atoms with Crippen LogP contribution in [0, 0.1) is 5.41 Å². The highest BCUT2D eigenvalue weighted by molar-refractivity contribution is 6.29. The van der Waals surface area contributed by atoms with Crippen molar-refractivity contribution in [2.45, 2.75) is 45.1 Å². The number of imide groups is 1. The van der Waals surface area contributed by atoms with Gasteiger partial charge in [-0.25, -0.2) is 4.98 Å². The zero-order chi connectivity index (χ0) is 14.2. The van der Waals surface area contributed by atoms with Crippen molar-refractivity contribution in [2.75, 3.05) is 0 Å². The van der Waals surface area contributed by atoms with E-state index >= 15 is 0 Å². The van der Waals surface area contributed by atoms with Crippen molar-refractivity contribution in [3.63, 3.8) is 0 Å². The first-order chi connectivity index (χ1) is 9.61. The Labute approximate surface area is 123 Å². The summed E-state index contributed by atoms with van der Waals surface area (Å²) < 4.78 is 0. The molecule has 1 spiro atoms. The summed E-state index contributed by atoms with van der Waals surface area (Å²) in [6.45, 7) is 0.307. The maximum absolute atomic E-state index is 12.6. The highest BCUT2D eigenvalue weighted by Gasteiger charge is 2.51. The minimum atomic E-state index is -0.411. The van der Waals surface area contributed by atoms with Crippen molar-refractivity contribution >= 4 is 23.4 Å². The van der Waals surface area contributed by atoms with Crippen molar-refractivity contribution < 1.29 is 9.59 Å². The normalized spacial score (nSPS) is 21.8. The van der Waals surface area contributed by atoms with Gasteiger partial charge in [0.1, 0.15) is 5.15 Å². The third kappa shape index (κ3) is 2.33. The van der Waals surface area contributed by atoms with Crippen molar-refractivity contribution in [1.29, 1.82) is 0 Å². The molecule has 1 aromatic rings. The molecule has 2 amide bonds. The van der Waals surface area contributed by atoms with Gasteiger partial charge in [-0.2, -0.15) is 0 Å². The number of rotatable bonds is 2. The molecule has 1 aliphatic carbocycles. The number of likely N-dealkylation sites (tertiary alicyclic amines) is 1. The second-order valence-corrected chi connectivity index (χ2v) is 6.18. The van der Waals surface area contributed by atoms with Gasteiger partial charge in [0.25, 0.3) is 0 Å². The van der Waals surface area contributed by atoms with Gasteiger partial charge in [0, 0.05) is 12.6 Å². The minimum absolute atomic E-state index is 0.00938. The Morgan fingerprint density at radius 3 is 2.70 bits per heavy atom. The van der Waals surface area contributed by atoms with Crippen LogP contribution in [0.3, 0.4) is 0 Å². The highest BCUT2D eigenvalue weighted by Crippen LogP contribution is 2.45. The zero-order valence-electron chi connectivity index (χ0n) is 11.3. The predicted molar refractivity (Wildman–Crippen MR) is 74.9 cm³/mol. The van der Waals surface area contributed by atoms with E-state index in [0.29, 0.717) is 18.1 Å². The Hall–Kier alpha value is -1.42. The molecule has 1 saturated heterocycles. The average molecular weight is 293 g/mol. The van der Waals surface area contributed by atoms with Crippen LogP contribution in [-0.4, -0.2) is 21.7 Å². The lowest BCUT2D eigenvalue weighted by atomic mass is 9.73.